The first-order valence-corrected chi connectivity index (χ1v) is 7.51. The summed E-state index contributed by atoms with van der Waals surface area (Å²) < 4.78 is 5.53. The second-order valence-electron chi connectivity index (χ2n) is 6.06. The van der Waals surface area contributed by atoms with Gasteiger partial charge in [-0.05, 0) is 25.7 Å². The van der Waals surface area contributed by atoms with Gasteiger partial charge in [-0.25, -0.2) is 4.98 Å². The Kier molecular flexibility index (Phi) is 5.12. The van der Waals surface area contributed by atoms with Crippen LogP contribution in [0.3, 0.4) is 0 Å². The van der Waals surface area contributed by atoms with Gasteiger partial charge in [0.1, 0.15) is 11.6 Å². The van der Waals surface area contributed by atoms with E-state index in [-0.39, 0.29) is 17.7 Å². The second-order valence-corrected chi connectivity index (χ2v) is 6.06. The van der Waals surface area contributed by atoms with Gasteiger partial charge in [-0.1, -0.05) is 13.8 Å². The smallest absolute Gasteiger partial charge is 0.261 e. The lowest BCUT2D eigenvalue weighted by Gasteiger charge is -2.28. The van der Waals surface area contributed by atoms with Crippen LogP contribution in [0.15, 0.2) is 4.79 Å². The standard InChI is InChI=1S/C15H24N4O2/c1-9(2)6-13-18-14(12(8-16)15(20)19-13)17-11-4-5-21-10(3)7-11/h8-11,16H,4-7H2,1-3H3,(H2,17,18,19,20)/t10-,11-/m1/s1. The maximum Gasteiger partial charge on any atom is 0.261 e. The normalized spacial score (nSPS) is 22.3. The van der Waals surface area contributed by atoms with Crippen LogP contribution in [-0.4, -0.2) is 34.9 Å². The minimum absolute atomic E-state index is 0.205. The maximum atomic E-state index is 12.1. The summed E-state index contributed by atoms with van der Waals surface area (Å²) in [7, 11) is 0. The molecule has 2 atom stereocenters. The summed E-state index contributed by atoms with van der Waals surface area (Å²) in [6.45, 7) is 6.91. The zero-order chi connectivity index (χ0) is 15.4. The molecule has 0 aromatic carbocycles. The third-order valence-electron chi connectivity index (χ3n) is 3.58. The number of nitrogens with one attached hydrogen (secondary N) is 3. The van der Waals surface area contributed by atoms with Crippen LogP contribution in [0.25, 0.3) is 0 Å². The predicted octanol–water partition coefficient (Wildman–Crippen LogP) is 1.95. The van der Waals surface area contributed by atoms with Crippen molar-refractivity contribution in [3.05, 3.63) is 21.7 Å². The lowest BCUT2D eigenvalue weighted by Crippen LogP contribution is -2.34. The van der Waals surface area contributed by atoms with E-state index in [0.717, 1.165) is 19.1 Å². The molecule has 0 bridgehead atoms. The molecule has 0 aliphatic carbocycles. The van der Waals surface area contributed by atoms with Gasteiger partial charge in [0.25, 0.3) is 5.56 Å². The first-order valence-electron chi connectivity index (χ1n) is 7.51. The van der Waals surface area contributed by atoms with Gasteiger partial charge in [0.05, 0.1) is 11.7 Å². The monoisotopic (exact) mass is 292 g/mol. The topological polar surface area (TPSA) is 90.9 Å². The van der Waals surface area contributed by atoms with Crippen molar-refractivity contribution >= 4 is 12.0 Å². The van der Waals surface area contributed by atoms with Gasteiger partial charge in [0.15, 0.2) is 0 Å². The highest BCUT2D eigenvalue weighted by Crippen LogP contribution is 2.18. The van der Waals surface area contributed by atoms with Crippen molar-refractivity contribution < 1.29 is 4.74 Å². The van der Waals surface area contributed by atoms with E-state index in [1.165, 1.54) is 0 Å². The molecule has 1 aliphatic rings. The Morgan fingerprint density at radius 2 is 2.33 bits per heavy atom. The summed E-state index contributed by atoms with van der Waals surface area (Å²) in [4.78, 5) is 19.3. The Balaban J connectivity index is 2.25. The van der Waals surface area contributed by atoms with E-state index in [9.17, 15) is 4.79 Å². The molecule has 3 N–H and O–H groups in total. The highest BCUT2D eigenvalue weighted by molar-refractivity contribution is 5.83. The van der Waals surface area contributed by atoms with Crippen LogP contribution >= 0.6 is 0 Å². The first-order chi connectivity index (χ1) is 9.99. The van der Waals surface area contributed by atoms with Crippen molar-refractivity contribution in [3.63, 3.8) is 0 Å². The lowest BCUT2D eigenvalue weighted by molar-refractivity contribution is 0.0231. The van der Waals surface area contributed by atoms with E-state index < -0.39 is 0 Å². The number of aromatic nitrogens is 2. The molecule has 0 amide bonds. The highest BCUT2D eigenvalue weighted by atomic mass is 16.5. The Labute approximate surface area is 124 Å². The molecule has 2 rings (SSSR count). The fourth-order valence-electron chi connectivity index (χ4n) is 2.58. The molecule has 0 saturated carbocycles. The Hall–Kier alpha value is -1.69. The van der Waals surface area contributed by atoms with E-state index >= 15 is 0 Å². The number of H-pyrrole nitrogens is 1. The summed E-state index contributed by atoms with van der Waals surface area (Å²) >= 11 is 0. The molecular formula is C15H24N4O2. The molecule has 1 aromatic heterocycles. The first kappa shape index (κ1) is 15.7. The molecule has 1 fully saturated rings. The van der Waals surface area contributed by atoms with Crippen LogP contribution in [0.5, 0.6) is 0 Å². The van der Waals surface area contributed by atoms with E-state index in [4.69, 9.17) is 10.1 Å². The molecule has 1 aliphatic heterocycles. The molecule has 0 radical (unpaired) electrons. The zero-order valence-electron chi connectivity index (χ0n) is 12.9. The number of hydrogen-bond acceptors (Lipinski definition) is 5. The van der Waals surface area contributed by atoms with E-state index in [2.05, 4.69) is 29.1 Å². The van der Waals surface area contributed by atoms with Crippen molar-refractivity contribution in [2.75, 3.05) is 11.9 Å². The van der Waals surface area contributed by atoms with Gasteiger partial charge >= 0.3 is 0 Å². The van der Waals surface area contributed by atoms with E-state index in [0.29, 0.717) is 36.2 Å². The summed E-state index contributed by atoms with van der Waals surface area (Å²) in [5, 5.41) is 10.8. The van der Waals surface area contributed by atoms with Crippen molar-refractivity contribution in [2.45, 2.75) is 52.2 Å². The summed E-state index contributed by atoms with van der Waals surface area (Å²) in [5.41, 5.74) is 0.0416. The zero-order valence-corrected chi connectivity index (χ0v) is 12.9. The Bertz CT molecular complexity index is 553. The van der Waals surface area contributed by atoms with Crippen molar-refractivity contribution in [2.24, 2.45) is 5.92 Å². The maximum absolute atomic E-state index is 12.1. The van der Waals surface area contributed by atoms with Crippen molar-refractivity contribution in [3.8, 4) is 0 Å². The number of anilines is 1. The van der Waals surface area contributed by atoms with Crippen LogP contribution in [0, 0.1) is 11.3 Å². The largest absolute Gasteiger partial charge is 0.378 e. The van der Waals surface area contributed by atoms with Crippen molar-refractivity contribution in [1.29, 1.82) is 5.41 Å². The van der Waals surface area contributed by atoms with Gasteiger partial charge in [0.2, 0.25) is 0 Å². The molecular weight excluding hydrogens is 268 g/mol. The lowest BCUT2D eigenvalue weighted by atomic mass is 10.0. The summed E-state index contributed by atoms with van der Waals surface area (Å²) in [6.07, 6.45) is 3.75. The molecule has 6 heteroatoms. The summed E-state index contributed by atoms with van der Waals surface area (Å²) in [6, 6.07) is 0.230. The van der Waals surface area contributed by atoms with E-state index in [1.807, 2.05) is 6.92 Å². The molecule has 1 aromatic rings. The molecule has 1 saturated heterocycles. The summed E-state index contributed by atoms with van der Waals surface area (Å²) in [5.74, 6) is 1.60. The van der Waals surface area contributed by atoms with Crippen LogP contribution in [0.4, 0.5) is 5.82 Å². The Morgan fingerprint density at radius 3 is 2.95 bits per heavy atom. The highest BCUT2D eigenvalue weighted by Gasteiger charge is 2.21. The minimum Gasteiger partial charge on any atom is -0.378 e. The molecule has 116 valence electrons. The number of rotatable bonds is 5. The third-order valence-corrected chi connectivity index (χ3v) is 3.58. The number of aromatic amines is 1. The third kappa shape index (κ3) is 4.14. The fourth-order valence-corrected chi connectivity index (χ4v) is 2.58. The van der Waals surface area contributed by atoms with Gasteiger partial charge in [-0.15, -0.1) is 0 Å². The van der Waals surface area contributed by atoms with E-state index in [1.54, 1.807) is 0 Å². The second kappa shape index (κ2) is 6.85. The number of nitrogens with zero attached hydrogens (tertiary/aromatic N) is 1. The van der Waals surface area contributed by atoms with Crippen LogP contribution in [-0.2, 0) is 11.2 Å². The molecule has 0 unspecified atom stereocenters. The van der Waals surface area contributed by atoms with Crippen LogP contribution < -0.4 is 10.9 Å². The molecule has 2 heterocycles. The fraction of sp³-hybridized carbons (Fsp3) is 0.667. The quantitative estimate of drug-likeness (QED) is 0.723. The average Bonchev–Trinajstić information content (AvgIpc) is 2.37. The van der Waals surface area contributed by atoms with Crippen LogP contribution in [0.2, 0.25) is 0 Å². The minimum atomic E-state index is -0.252. The molecule has 6 nitrogen and oxygen atoms in total. The number of hydrogen-bond donors (Lipinski definition) is 3. The van der Waals surface area contributed by atoms with Gasteiger partial charge in [-0.3, -0.25) is 4.79 Å². The molecule has 21 heavy (non-hydrogen) atoms. The van der Waals surface area contributed by atoms with Gasteiger partial charge in [0, 0.05) is 25.3 Å². The van der Waals surface area contributed by atoms with Crippen molar-refractivity contribution in [1.82, 2.24) is 9.97 Å². The van der Waals surface area contributed by atoms with Crippen LogP contribution in [0.1, 0.15) is 45.0 Å². The van der Waals surface area contributed by atoms with Gasteiger partial charge < -0.3 is 20.4 Å². The SMILES string of the molecule is CC(C)Cc1nc(N[C@@H]2CCO[C@H](C)C2)c(C=N)c(=O)[nH]1. The predicted molar refractivity (Wildman–Crippen MR) is 83.3 cm³/mol. The van der Waals surface area contributed by atoms with Gasteiger partial charge in [-0.2, -0.15) is 0 Å². The Morgan fingerprint density at radius 1 is 1.57 bits per heavy atom. The molecule has 0 spiro atoms. The number of ether oxygens (including phenoxy) is 1. The average molecular weight is 292 g/mol.